The molecule has 1 saturated carbocycles. The van der Waals surface area contributed by atoms with Crippen LogP contribution in [0, 0.1) is 5.92 Å². The molecule has 6 heteroatoms. The van der Waals surface area contributed by atoms with Crippen molar-refractivity contribution in [2.45, 2.75) is 25.8 Å². The Kier molecular flexibility index (Phi) is 4.63. The summed E-state index contributed by atoms with van der Waals surface area (Å²) in [4.78, 5) is 26.7. The molecule has 2 aromatic carbocycles. The van der Waals surface area contributed by atoms with Crippen LogP contribution in [0.5, 0.6) is 0 Å². The Hall–Kier alpha value is -2.04. The molecule has 0 aromatic heterocycles. The lowest BCUT2D eigenvalue weighted by atomic mass is 9.98. The van der Waals surface area contributed by atoms with Gasteiger partial charge in [-0.15, -0.1) is 0 Å². The largest absolute Gasteiger partial charge is 0.338 e. The maximum atomic E-state index is 12.4. The van der Waals surface area contributed by atoms with Gasteiger partial charge in [-0.05, 0) is 60.7 Å². The molecule has 1 fully saturated rings. The summed E-state index contributed by atoms with van der Waals surface area (Å²) in [5, 5.41) is 3.65. The first-order valence-corrected chi connectivity index (χ1v) is 9.44. The molecule has 0 atom stereocenters. The van der Waals surface area contributed by atoms with Gasteiger partial charge in [-0.1, -0.05) is 29.3 Å². The van der Waals surface area contributed by atoms with E-state index < -0.39 is 0 Å². The first kappa shape index (κ1) is 17.4. The minimum Gasteiger partial charge on any atom is -0.338 e. The van der Waals surface area contributed by atoms with E-state index in [9.17, 15) is 9.59 Å². The van der Waals surface area contributed by atoms with Gasteiger partial charge in [-0.25, -0.2) is 0 Å². The number of halogens is 2. The van der Waals surface area contributed by atoms with Crippen LogP contribution in [0.15, 0.2) is 36.4 Å². The summed E-state index contributed by atoms with van der Waals surface area (Å²) in [5.74, 6) is 0.250. The highest BCUT2D eigenvalue weighted by Gasteiger charge is 2.34. The lowest BCUT2D eigenvalue weighted by molar-refractivity contribution is -0.133. The Morgan fingerprint density at radius 1 is 1.00 bits per heavy atom. The molecule has 1 aliphatic heterocycles. The molecule has 1 heterocycles. The van der Waals surface area contributed by atoms with E-state index in [0.29, 0.717) is 27.8 Å². The summed E-state index contributed by atoms with van der Waals surface area (Å²) in [6.07, 6.45) is 2.89. The van der Waals surface area contributed by atoms with Crippen LogP contribution in [0.2, 0.25) is 10.0 Å². The van der Waals surface area contributed by atoms with Crippen molar-refractivity contribution in [3.63, 3.8) is 0 Å². The standard InChI is InChI=1S/C20H18Cl2N2O2/c21-17-6-4-14(10-18(17)22)19(25)23-16-5-3-12-7-8-24(11-15(12)9-16)20(26)13-1-2-13/h3-6,9-10,13H,1-2,7-8,11H2,(H,23,25). The van der Waals surface area contributed by atoms with Crippen molar-refractivity contribution in [3.05, 3.63) is 63.1 Å². The van der Waals surface area contributed by atoms with Crippen molar-refractivity contribution in [1.82, 2.24) is 4.90 Å². The zero-order valence-corrected chi connectivity index (χ0v) is 15.6. The highest BCUT2D eigenvalue weighted by Crippen LogP contribution is 2.33. The molecular weight excluding hydrogens is 371 g/mol. The van der Waals surface area contributed by atoms with E-state index in [1.54, 1.807) is 18.2 Å². The molecular formula is C20H18Cl2N2O2. The summed E-state index contributed by atoms with van der Waals surface area (Å²) >= 11 is 11.9. The highest BCUT2D eigenvalue weighted by atomic mass is 35.5. The lowest BCUT2D eigenvalue weighted by Gasteiger charge is -2.29. The fourth-order valence-corrected chi connectivity index (χ4v) is 3.55. The van der Waals surface area contributed by atoms with E-state index >= 15 is 0 Å². The molecule has 4 nitrogen and oxygen atoms in total. The smallest absolute Gasteiger partial charge is 0.255 e. The Balaban J connectivity index is 1.49. The number of benzene rings is 2. The Morgan fingerprint density at radius 2 is 1.81 bits per heavy atom. The van der Waals surface area contributed by atoms with E-state index in [-0.39, 0.29) is 17.7 Å². The van der Waals surface area contributed by atoms with Gasteiger partial charge in [0.2, 0.25) is 5.91 Å². The van der Waals surface area contributed by atoms with Crippen molar-refractivity contribution >= 4 is 40.7 Å². The van der Waals surface area contributed by atoms with E-state index in [1.165, 1.54) is 5.56 Å². The number of nitrogens with one attached hydrogen (secondary N) is 1. The van der Waals surface area contributed by atoms with Crippen molar-refractivity contribution in [2.24, 2.45) is 5.92 Å². The molecule has 4 rings (SSSR count). The van der Waals surface area contributed by atoms with Crippen LogP contribution in [0.25, 0.3) is 0 Å². The third kappa shape index (κ3) is 3.57. The Morgan fingerprint density at radius 3 is 2.54 bits per heavy atom. The predicted octanol–water partition coefficient (Wildman–Crippen LogP) is 4.54. The highest BCUT2D eigenvalue weighted by molar-refractivity contribution is 6.42. The fraction of sp³-hybridized carbons (Fsp3) is 0.300. The number of hydrogen-bond acceptors (Lipinski definition) is 2. The lowest BCUT2D eigenvalue weighted by Crippen LogP contribution is -2.36. The number of anilines is 1. The zero-order chi connectivity index (χ0) is 18.3. The van der Waals surface area contributed by atoms with Crippen LogP contribution < -0.4 is 5.32 Å². The molecule has 2 aliphatic rings. The molecule has 1 aliphatic carbocycles. The van der Waals surface area contributed by atoms with Crippen molar-refractivity contribution in [3.8, 4) is 0 Å². The molecule has 0 radical (unpaired) electrons. The van der Waals surface area contributed by atoms with Crippen molar-refractivity contribution in [1.29, 1.82) is 0 Å². The number of fused-ring (bicyclic) bond motifs is 1. The van der Waals surface area contributed by atoms with E-state index in [0.717, 1.165) is 31.4 Å². The molecule has 1 N–H and O–H groups in total. The minimum atomic E-state index is -0.245. The van der Waals surface area contributed by atoms with E-state index in [1.807, 2.05) is 23.1 Å². The molecule has 26 heavy (non-hydrogen) atoms. The number of nitrogens with zero attached hydrogens (tertiary/aromatic N) is 1. The minimum absolute atomic E-state index is 0.231. The van der Waals surface area contributed by atoms with E-state index in [2.05, 4.69) is 5.32 Å². The molecule has 2 aromatic rings. The van der Waals surface area contributed by atoms with Gasteiger partial charge in [0.25, 0.3) is 5.91 Å². The van der Waals surface area contributed by atoms with E-state index in [4.69, 9.17) is 23.2 Å². The van der Waals surface area contributed by atoms with Crippen LogP contribution in [-0.2, 0) is 17.8 Å². The third-order valence-corrected chi connectivity index (χ3v) is 5.64. The molecule has 134 valence electrons. The summed E-state index contributed by atoms with van der Waals surface area (Å²) < 4.78 is 0. The summed E-state index contributed by atoms with van der Waals surface area (Å²) in [6, 6.07) is 10.7. The van der Waals surface area contributed by atoms with Gasteiger partial charge in [0, 0.05) is 30.3 Å². The maximum Gasteiger partial charge on any atom is 0.255 e. The second kappa shape index (κ2) is 6.93. The summed E-state index contributed by atoms with van der Waals surface area (Å²) in [5.41, 5.74) is 3.48. The van der Waals surface area contributed by atoms with Crippen LogP contribution in [-0.4, -0.2) is 23.3 Å². The van der Waals surface area contributed by atoms with Gasteiger partial charge in [-0.2, -0.15) is 0 Å². The van der Waals surface area contributed by atoms with Crippen LogP contribution in [0.1, 0.15) is 34.3 Å². The van der Waals surface area contributed by atoms with Crippen molar-refractivity contribution < 1.29 is 9.59 Å². The molecule has 0 spiro atoms. The van der Waals surface area contributed by atoms with Crippen LogP contribution in [0.3, 0.4) is 0 Å². The Labute approximate surface area is 162 Å². The number of carbonyl (C=O) groups is 2. The third-order valence-electron chi connectivity index (χ3n) is 4.90. The van der Waals surface area contributed by atoms with Gasteiger partial charge in [0.1, 0.15) is 0 Å². The molecule has 0 unspecified atom stereocenters. The van der Waals surface area contributed by atoms with Gasteiger partial charge in [-0.3, -0.25) is 9.59 Å². The first-order chi connectivity index (χ1) is 12.5. The molecule has 2 amide bonds. The second-order valence-corrected chi connectivity index (χ2v) is 7.66. The zero-order valence-electron chi connectivity index (χ0n) is 14.1. The second-order valence-electron chi connectivity index (χ2n) is 6.85. The van der Waals surface area contributed by atoms with Crippen LogP contribution in [0.4, 0.5) is 5.69 Å². The quantitative estimate of drug-likeness (QED) is 0.838. The monoisotopic (exact) mass is 388 g/mol. The topological polar surface area (TPSA) is 49.4 Å². The fourth-order valence-electron chi connectivity index (χ4n) is 3.25. The maximum absolute atomic E-state index is 12.4. The number of amides is 2. The first-order valence-electron chi connectivity index (χ1n) is 8.68. The number of hydrogen-bond donors (Lipinski definition) is 1. The predicted molar refractivity (Wildman–Crippen MR) is 103 cm³/mol. The van der Waals surface area contributed by atoms with Crippen molar-refractivity contribution in [2.75, 3.05) is 11.9 Å². The SMILES string of the molecule is O=C(Nc1ccc2c(c1)CN(C(=O)C1CC1)CC2)c1ccc(Cl)c(Cl)c1. The number of carbonyl (C=O) groups excluding carboxylic acids is 2. The average Bonchev–Trinajstić information content (AvgIpc) is 3.48. The molecule has 0 bridgehead atoms. The van der Waals surface area contributed by atoms with Gasteiger partial charge >= 0.3 is 0 Å². The van der Waals surface area contributed by atoms with Gasteiger partial charge in [0.15, 0.2) is 0 Å². The summed E-state index contributed by atoms with van der Waals surface area (Å²) in [7, 11) is 0. The van der Waals surface area contributed by atoms with Gasteiger partial charge < -0.3 is 10.2 Å². The Bertz CT molecular complexity index is 893. The average molecular weight is 389 g/mol. The summed E-state index contributed by atoms with van der Waals surface area (Å²) in [6.45, 7) is 1.39. The molecule has 0 saturated heterocycles. The normalized spacial score (nSPS) is 16.2. The van der Waals surface area contributed by atoms with Crippen LogP contribution >= 0.6 is 23.2 Å². The van der Waals surface area contributed by atoms with Gasteiger partial charge in [0.05, 0.1) is 10.0 Å². The number of rotatable bonds is 3.